The van der Waals surface area contributed by atoms with Crippen LogP contribution in [-0.4, -0.2) is 15.0 Å². The molecule has 30 heavy (non-hydrogen) atoms. The highest BCUT2D eigenvalue weighted by Gasteiger charge is 2.34. The van der Waals surface area contributed by atoms with E-state index in [4.69, 9.17) is 0 Å². The van der Waals surface area contributed by atoms with Crippen molar-refractivity contribution in [2.45, 2.75) is 18.8 Å². The van der Waals surface area contributed by atoms with Gasteiger partial charge in [0.1, 0.15) is 0 Å². The minimum Gasteiger partial charge on any atom is -0.361 e. The van der Waals surface area contributed by atoms with Gasteiger partial charge in [-0.3, -0.25) is 0 Å². The number of aromatic nitrogens is 3. The summed E-state index contributed by atoms with van der Waals surface area (Å²) < 4.78 is 0. The molecule has 0 unspecified atom stereocenters. The lowest BCUT2D eigenvalue weighted by Gasteiger charge is -2.30. The number of hydrogen-bond donors (Lipinski definition) is 3. The van der Waals surface area contributed by atoms with Gasteiger partial charge in [-0.1, -0.05) is 61.5 Å². The van der Waals surface area contributed by atoms with Gasteiger partial charge in [-0.2, -0.15) is 0 Å². The van der Waals surface area contributed by atoms with Crippen LogP contribution >= 0.6 is 0 Å². The Morgan fingerprint density at radius 3 is 1.57 bits per heavy atom. The average molecular weight is 390 g/mol. The summed E-state index contributed by atoms with van der Waals surface area (Å²) in [5, 5.41) is 3.86. The Kier molecular flexibility index (Phi) is 3.66. The Morgan fingerprint density at radius 2 is 1.00 bits per heavy atom. The Morgan fingerprint density at radius 1 is 0.567 bits per heavy atom. The number of rotatable bonds is 4. The standard InChI is InChI=1S/C27H23N3/c1-27(22-16-29-25-12-6-3-9-20(22)25,23-17-30-26-13-7-4-10-21(23)26)14-18-15-28-24-11-5-2-8-19(18)24/h2-13,15-17,28-30H,14H2,1H3. The first-order chi connectivity index (χ1) is 14.7. The first-order valence-corrected chi connectivity index (χ1v) is 10.4. The second kappa shape index (κ2) is 6.39. The van der Waals surface area contributed by atoms with Crippen molar-refractivity contribution in [2.24, 2.45) is 0 Å². The Labute approximate surface area is 174 Å². The van der Waals surface area contributed by atoms with Gasteiger partial charge >= 0.3 is 0 Å². The van der Waals surface area contributed by atoms with Crippen LogP contribution in [0.25, 0.3) is 32.7 Å². The summed E-state index contributed by atoms with van der Waals surface area (Å²) in [7, 11) is 0. The topological polar surface area (TPSA) is 47.4 Å². The molecule has 3 N–H and O–H groups in total. The molecule has 0 radical (unpaired) electrons. The lowest BCUT2D eigenvalue weighted by atomic mass is 9.72. The molecular weight excluding hydrogens is 366 g/mol. The third-order valence-corrected chi connectivity index (χ3v) is 6.59. The van der Waals surface area contributed by atoms with E-state index in [2.05, 4.69) is 113 Å². The highest BCUT2D eigenvalue weighted by atomic mass is 14.7. The smallest absolute Gasteiger partial charge is 0.0457 e. The van der Waals surface area contributed by atoms with Crippen LogP contribution in [0.4, 0.5) is 0 Å². The van der Waals surface area contributed by atoms with Gasteiger partial charge < -0.3 is 15.0 Å². The van der Waals surface area contributed by atoms with E-state index in [0.717, 1.165) is 6.42 Å². The number of H-pyrrole nitrogens is 3. The van der Waals surface area contributed by atoms with Gasteiger partial charge in [0.05, 0.1) is 0 Å². The minimum absolute atomic E-state index is 0.204. The summed E-state index contributed by atoms with van der Waals surface area (Å²) in [4.78, 5) is 10.5. The van der Waals surface area contributed by atoms with Crippen LogP contribution in [0.15, 0.2) is 91.4 Å². The lowest BCUT2D eigenvalue weighted by Crippen LogP contribution is -2.26. The predicted molar refractivity (Wildman–Crippen MR) is 125 cm³/mol. The lowest BCUT2D eigenvalue weighted by molar-refractivity contribution is 0.579. The van der Waals surface area contributed by atoms with Gasteiger partial charge in [0.2, 0.25) is 0 Å². The largest absolute Gasteiger partial charge is 0.361 e. The van der Waals surface area contributed by atoms with E-state index in [1.54, 1.807) is 0 Å². The predicted octanol–water partition coefficient (Wildman–Crippen LogP) is 6.68. The number of para-hydroxylation sites is 3. The second-order valence-electron chi connectivity index (χ2n) is 8.36. The molecule has 0 aliphatic rings. The minimum atomic E-state index is -0.204. The molecule has 6 aromatic rings. The zero-order valence-electron chi connectivity index (χ0n) is 16.9. The van der Waals surface area contributed by atoms with E-state index in [9.17, 15) is 0 Å². The van der Waals surface area contributed by atoms with Crippen molar-refractivity contribution in [3.05, 3.63) is 108 Å². The van der Waals surface area contributed by atoms with Gasteiger partial charge in [-0.05, 0) is 41.3 Å². The summed E-state index contributed by atoms with van der Waals surface area (Å²) in [6, 6.07) is 25.8. The molecule has 3 aromatic carbocycles. The van der Waals surface area contributed by atoms with Crippen molar-refractivity contribution in [3.8, 4) is 0 Å². The highest BCUT2D eigenvalue weighted by molar-refractivity contribution is 5.90. The maximum atomic E-state index is 3.50. The molecule has 3 heteroatoms. The summed E-state index contributed by atoms with van der Waals surface area (Å²) in [5.74, 6) is 0. The Bertz CT molecular complexity index is 1420. The van der Waals surface area contributed by atoms with Crippen molar-refractivity contribution in [2.75, 3.05) is 0 Å². The zero-order chi connectivity index (χ0) is 20.1. The van der Waals surface area contributed by atoms with E-state index in [1.165, 1.54) is 49.4 Å². The number of aromatic amines is 3. The third-order valence-electron chi connectivity index (χ3n) is 6.59. The van der Waals surface area contributed by atoms with Crippen molar-refractivity contribution >= 4 is 32.7 Å². The van der Waals surface area contributed by atoms with Crippen LogP contribution in [0.1, 0.15) is 23.6 Å². The molecule has 6 rings (SSSR count). The van der Waals surface area contributed by atoms with Crippen LogP contribution in [0, 0.1) is 0 Å². The molecule has 0 fully saturated rings. The zero-order valence-corrected chi connectivity index (χ0v) is 16.9. The first kappa shape index (κ1) is 17.2. The molecular formula is C27H23N3. The van der Waals surface area contributed by atoms with Crippen molar-refractivity contribution in [1.82, 2.24) is 15.0 Å². The monoisotopic (exact) mass is 389 g/mol. The fourth-order valence-electron chi connectivity index (χ4n) is 5.05. The fraction of sp³-hybridized carbons (Fsp3) is 0.111. The van der Waals surface area contributed by atoms with Crippen LogP contribution in [0.3, 0.4) is 0 Å². The van der Waals surface area contributed by atoms with E-state index in [-0.39, 0.29) is 5.41 Å². The van der Waals surface area contributed by atoms with Gasteiger partial charge in [0, 0.05) is 56.7 Å². The third kappa shape index (κ3) is 2.45. The van der Waals surface area contributed by atoms with E-state index >= 15 is 0 Å². The molecule has 0 atom stereocenters. The molecule has 3 nitrogen and oxygen atoms in total. The maximum Gasteiger partial charge on any atom is 0.0457 e. The number of hydrogen-bond acceptors (Lipinski definition) is 0. The van der Waals surface area contributed by atoms with E-state index < -0.39 is 0 Å². The Balaban J connectivity index is 1.62. The summed E-state index contributed by atoms with van der Waals surface area (Å²) in [6.07, 6.45) is 7.47. The average Bonchev–Trinajstić information content (AvgIpc) is 3.51. The normalized spacial score (nSPS) is 12.3. The van der Waals surface area contributed by atoms with E-state index in [0.29, 0.717) is 0 Å². The SMILES string of the molecule is CC(Cc1c[nH]c2ccccc12)(c1c[nH]c2ccccc12)c1c[nH]c2ccccc12. The molecule has 0 aliphatic heterocycles. The molecule has 0 bridgehead atoms. The van der Waals surface area contributed by atoms with Crippen LogP contribution in [0.2, 0.25) is 0 Å². The van der Waals surface area contributed by atoms with Crippen molar-refractivity contribution < 1.29 is 0 Å². The van der Waals surface area contributed by atoms with Gasteiger partial charge in [0.15, 0.2) is 0 Å². The van der Waals surface area contributed by atoms with Gasteiger partial charge in [-0.25, -0.2) is 0 Å². The molecule has 3 aromatic heterocycles. The number of nitrogens with one attached hydrogen (secondary N) is 3. The van der Waals surface area contributed by atoms with Gasteiger partial charge in [0.25, 0.3) is 0 Å². The maximum absolute atomic E-state index is 3.50. The van der Waals surface area contributed by atoms with Crippen molar-refractivity contribution in [1.29, 1.82) is 0 Å². The quantitative estimate of drug-likeness (QED) is 0.301. The number of fused-ring (bicyclic) bond motifs is 3. The summed E-state index contributed by atoms with van der Waals surface area (Å²) in [6.45, 7) is 2.38. The number of benzene rings is 3. The first-order valence-electron chi connectivity index (χ1n) is 10.4. The highest BCUT2D eigenvalue weighted by Crippen LogP contribution is 2.43. The van der Waals surface area contributed by atoms with Gasteiger partial charge in [-0.15, -0.1) is 0 Å². The fourth-order valence-corrected chi connectivity index (χ4v) is 5.05. The molecule has 3 heterocycles. The summed E-state index contributed by atoms with van der Waals surface area (Å²) in [5.41, 5.74) is 7.33. The van der Waals surface area contributed by atoms with Crippen LogP contribution in [0.5, 0.6) is 0 Å². The molecule has 0 saturated carbocycles. The van der Waals surface area contributed by atoms with Crippen LogP contribution < -0.4 is 0 Å². The molecule has 0 aliphatic carbocycles. The van der Waals surface area contributed by atoms with Crippen molar-refractivity contribution in [3.63, 3.8) is 0 Å². The Hall–Kier alpha value is -3.72. The molecule has 146 valence electrons. The van der Waals surface area contributed by atoms with E-state index in [1.807, 2.05) is 0 Å². The molecule has 0 spiro atoms. The summed E-state index contributed by atoms with van der Waals surface area (Å²) >= 11 is 0. The second-order valence-corrected chi connectivity index (χ2v) is 8.36. The molecule has 0 amide bonds. The molecule has 0 saturated heterocycles. The van der Waals surface area contributed by atoms with Crippen LogP contribution in [-0.2, 0) is 11.8 Å².